The van der Waals surface area contributed by atoms with Crippen molar-refractivity contribution in [2.75, 3.05) is 6.67 Å². The third kappa shape index (κ3) is 8.02. The molecule has 0 amide bonds. The van der Waals surface area contributed by atoms with Crippen LogP contribution in [0.4, 0.5) is 4.39 Å². The van der Waals surface area contributed by atoms with E-state index in [0.717, 1.165) is 42.0 Å². The monoisotopic (exact) mass is 789 g/mol. The van der Waals surface area contributed by atoms with Crippen molar-refractivity contribution in [1.82, 2.24) is 4.98 Å². The number of thiophene rings is 1. The molecule has 5 rings (SSSR count). The van der Waals surface area contributed by atoms with Crippen LogP contribution in [0.1, 0.15) is 72.4 Å². The first-order chi connectivity index (χ1) is 20.5. The molecule has 0 bridgehead atoms. The van der Waals surface area contributed by atoms with Crippen molar-refractivity contribution in [3.05, 3.63) is 89.8 Å². The van der Waals surface area contributed by atoms with E-state index >= 15 is 0 Å². The SMILES string of the molecule is CC(C)Cc1cccc2c1sc1c(-c3[c-]c4ccccc4c(C(C)(C)C)c3)nccc12.CCC(CC)/C(O)=C/C(=O)CF.[Ir]. The number of halogens is 1. The van der Waals surface area contributed by atoms with E-state index in [-0.39, 0.29) is 37.2 Å². The average Bonchev–Trinajstić information content (AvgIpc) is 3.37. The van der Waals surface area contributed by atoms with Gasteiger partial charge in [0.15, 0.2) is 12.5 Å². The summed E-state index contributed by atoms with van der Waals surface area (Å²) in [6.07, 6.45) is 5.57. The quantitative estimate of drug-likeness (QED) is 0.0968. The summed E-state index contributed by atoms with van der Waals surface area (Å²) in [6.45, 7) is 14.2. The Kier molecular flexibility index (Phi) is 12.4. The summed E-state index contributed by atoms with van der Waals surface area (Å²) >= 11 is 1.89. The molecule has 5 aromatic rings. The number of carbonyl (C=O) groups excluding carboxylic acids is 1. The number of aliphatic hydroxyl groups is 1. The van der Waals surface area contributed by atoms with Gasteiger partial charge in [-0.2, -0.15) is 0 Å². The van der Waals surface area contributed by atoms with Gasteiger partial charge in [-0.25, -0.2) is 4.39 Å². The van der Waals surface area contributed by atoms with Crippen LogP contribution in [0.3, 0.4) is 0 Å². The van der Waals surface area contributed by atoms with Crippen LogP contribution in [-0.4, -0.2) is 22.5 Å². The third-order valence-corrected chi connectivity index (χ3v) is 9.11. The Hall–Kier alpha value is -2.92. The number of aromatic nitrogens is 1. The van der Waals surface area contributed by atoms with Crippen molar-refractivity contribution in [2.24, 2.45) is 11.8 Å². The van der Waals surface area contributed by atoms with Gasteiger partial charge in [0.2, 0.25) is 0 Å². The Morgan fingerprint density at radius 1 is 1.00 bits per heavy atom. The Morgan fingerprint density at radius 2 is 1.66 bits per heavy atom. The van der Waals surface area contributed by atoms with Crippen LogP contribution in [0, 0.1) is 17.9 Å². The summed E-state index contributed by atoms with van der Waals surface area (Å²) in [5.41, 5.74) is 4.97. The van der Waals surface area contributed by atoms with Crippen molar-refractivity contribution < 1.29 is 34.4 Å². The topological polar surface area (TPSA) is 50.2 Å². The molecule has 2 aromatic heterocycles. The number of aliphatic hydroxyl groups excluding tert-OH is 1. The number of fused-ring (bicyclic) bond motifs is 4. The molecule has 0 saturated carbocycles. The molecule has 235 valence electrons. The van der Waals surface area contributed by atoms with E-state index in [0.29, 0.717) is 5.92 Å². The second-order valence-corrected chi connectivity index (χ2v) is 13.6. The van der Waals surface area contributed by atoms with E-state index in [1.54, 1.807) is 0 Å². The molecule has 0 spiro atoms. The normalized spacial score (nSPS) is 12.1. The van der Waals surface area contributed by atoms with Gasteiger partial charge < -0.3 is 5.11 Å². The predicted molar refractivity (Wildman–Crippen MR) is 182 cm³/mol. The summed E-state index contributed by atoms with van der Waals surface area (Å²) in [6, 6.07) is 23.5. The summed E-state index contributed by atoms with van der Waals surface area (Å²) in [7, 11) is 0. The number of hydrogen-bond donors (Lipinski definition) is 1. The van der Waals surface area contributed by atoms with Crippen LogP contribution in [0.25, 0.3) is 42.2 Å². The van der Waals surface area contributed by atoms with Crippen LogP contribution in [-0.2, 0) is 36.7 Å². The Balaban J connectivity index is 0.000000349. The molecule has 0 saturated heterocycles. The molecule has 44 heavy (non-hydrogen) atoms. The molecule has 0 atom stereocenters. The first kappa shape index (κ1) is 35.6. The summed E-state index contributed by atoms with van der Waals surface area (Å²) in [5, 5.41) is 14.4. The zero-order valence-corrected chi connectivity index (χ0v) is 30.0. The third-order valence-electron chi connectivity index (χ3n) is 7.81. The number of rotatable bonds is 8. The van der Waals surface area contributed by atoms with Gasteiger partial charge in [-0.05, 0) is 47.6 Å². The molecule has 0 fully saturated rings. The minimum atomic E-state index is -1.04. The van der Waals surface area contributed by atoms with E-state index in [1.165, 1.54) is 36.7 Å². The molecule has 0 aliphatic heterocycles. The fraction of sp³-hybridized carbons (Fsp3) is 0.368. The van der Waals surface area contributed by atoms with Crippen LogP contribution >= 0.6 is 11.3 Å². The number of alkyl halides is 1. The van der Waals surface area contributed by atoms with Crippen LogP contribution in [0.15, 0.2) is 72.6 Å². The van der Waals surface area contributed by atoms with Gasteiger partial charge in [-0.15, -0.1) is 40.5 Å². The van der Waals surface area contributed by atoms with E-state index in [9.17, 15) is 14.3 Å². The van der Waals surface area contributed by atoms with Crippen molar-refractivity contribution in [2.45, 2.75) is 73.1 Å². The van der Waals surface area contributed by atoms with Gasteiger partial charge >= 0.3 is 0 Å². The number of benzene rings is 3. The summed E-state index contributed by atoms with van der Waals surface area (Å²) < 4.78 is 14.4. The van der Waals surface area contributed by atoms with Crippen molar-refractivity contribution in [3.63, 3.8) is 0 Å². The molecule has 0 aliphatic carbocycles. The fourth-order valence-electron chi connectivity index (χ4n) is 5.58. The largest absolute Gasteiger partial charge is 0.512 e. The van der Waals surface area contributed by atoms with E-state index < -0.39 is 12.5 Å². The molecule has 6 heteroatoms. The molecule has 0 unspecified atom stereocenters. The van der Waals surface area contributed by atoms with E-state index in [4.69, 9.17) is 4.98 Å². The van der Waals surface area contributed by atoms with Crippen LogP contribution in [0.2, 0.25) is 0 Å². The van der Waals surface area contributed by atoms with E-state index in [1.807, 2.05) is 31.4 Å². The number of hydrogen-bond acceptors (Lipinski definition) is 4. The molecule has 3 nitrogen and oxygen atoms in total. The maximum atomic E-state index is 11.7. The van der Waals surface area contributed by atoms with Crippen molar-refractivity contribution in [3.8, 4) is 11.3 Å². The van der Waals surface area contributed by atoms with Gasteiger partial charge in [0, 0.05) is 58.8 Å². The van der Waals surface area contributed by atoms with Crippen molar-refractivity contribution >= 4 is 48.1 Å². The molecular formula is C38H43FIrNO2S-. The van der Waals surface area contributed by atoms with E-state index in [2.05, 4.69) is 95.3 Å². The molecule has 2 heterocycles. The Bertz CT molecular complexity index is 1760. The minimum absolute atomic E-state index is 0. The zero-order chi connectivity index (χ0) is 31.3. The Labute approximate surface area is 279 Å². The molecule has 0 aliphatic rings. The van der Waals surface area contributed by atoms with Gasteiger partial charge in [0.25, 0.3) is 0 Å². The summed E-state index contributed by atoms with van der Waals surface area (Å²) in [5.74, 6) is -0.0425. The fourth-order valence-corrected chi connectivity index (χ4v) is 6.90. The number of allylic oxidation sites excluding steroid dienone is 2. The van der Waals surface area contributed by atoms with Crippen LogP contribution in [0.5, 0.6) is 0 Å². The van der Waals surface area contributed by atoms with Gasteiger partial charge in [0.05, 0.1) is 5.76 Å². The smallest absolute Gasteiger partial charge is 0.189 e. The number of pyridine rings is 1. The Morgan fingerprint density at radius 3 is 2.30 bits per heavy atom. The molecule has 1 N–H and O–H groups in total. The summed E-state index contributed by atoms with van der Waals surface area (Å²) in [4.78, 5) is 15.4. The molecule has 3 aromatic carbocycles. The molecular weight excluding hydrogens is 746 g/mol. The first-order valence-corrected chi connectivity index (χ1v) is 16.0. The van der Waals surface area contributed by atoms with Gasteiger partial charge in [-0.1, -0.05) is 95.8 Å². The number of ketones is 1. The van der Waals surface area contributed by atoms with Gasteiger partial charge in [-0.3, -0.25) is 9.78 Å². The first-order valence-electron chi connectivity index (χ1n) is 15.2. The molecule has 1 radical (unpaired) electrons. The minimum Gasteiger partial charge on any atom is -0.512 e. The predicted octanol–water partition coefficient (Wildman–Crippen LogP) is 11.0. The maximum Gasteiger partial charge on any atom is 0.189 e. The average molecular weight is 789 g/mol. The second-order valence-electron chi connectivity index (χ2n) is 12.6. The standard InChI is InChI=1S/C29H28NS.C9H15FO2.Ir/c1-18(2)15-20-10-8-12-23-24-13-14-30-26(28(24)31-27(20)23)21-16-19-9-6-7-11-22(19)25(17-21)29(3,4)5;1-3-7(4-2)9(12)5-8(11)6-10;/h6-14,17-18H,15H2,1-5H3;5,7,12H,3-4,6H2,1-2H3;/q-1;;/b;9-5-;. The van der Waals surface area contributed by atoms with Crippen molar-refractivity contribution in [1.29, 1.82) is 0 Å². The van der Waals surface area contributed by atoms with Crippen LogP contribution < -0.4 is 0 Å². The second kappa shape index (κ2) is 15.4. The number of carbonyl (C=O) groups is 1. The number of nitrogens with zero attached hydrogens (tertiary/aromatic N) is 1. The zero-order valence-electron chi connectivity index (χ0n) is 26.8. The van der Waals surface area contributed by atoms with Gasteiger partial charge in [0.1, 0.15) is 0 Å². The maximum absolute atomic E-state index is 11.7.